The minimum Gasteiger partial charge on any atom is -0.497 e. The van der Waals surface area contributed by atoms with Crippen LogP contribution < -0.4 is 10.2 Å². The Labute approximate surface area is 187 Å². The van der Waals surface area contributed by atoms with E-state index in [4.69, 9.17) is 9.47 Å². The largest absolute Gasteiger partial charge is 0.497 e. The minimum absolute atomic E-state index is 0.00184. The van der Waals surface area contributed by atoms with E-state index in [0.29, 0.717) is 16.7 Å². The minimum atomic E-state index is -0.638. The van der Waals surface area contributed by atoms with Gasteiger partial charge in [0.1, 0.15) is 5.75 Å². The smallest absolute Gasteiger partial charge is 0.365 e. The normalized spacial score (nSPS) is 11.2. The Balaban J connectivity index is 1.82. The molecule has 0 aliphatic rings. The summed E-state index contributed by atoms with van der Waals surface area (Å²) < 4.78 is 12.0. The number of nitro benzene ring substituents is 1. The van der Waals surface area contributed by atoms with Crippen LogP contribution in [0.4, 0.5) is 11.4 Å². The summed E-state index contributed by atoms with van der Waals surface area (Å²) in [6.07, 6.45) is 0. The predicted octanol–water partition coefficient (Wildman–Crippen LogP) is 3.48. The number of benzene rings is 2. The van der Waals surface area contributed by atoms with Gasteiger partial charge in [-0.3, -0.25) is 15.5 Å². The van der Waals surface area contributed by atoms with Crippen molar-refractivity contribution in [2.24, 2.45) is 12.1 Å². The van der Waals surface area contributed by atoms with Crippen molar-refractivity contribution in [2.75, 3.05) is 19.1 Å². The van der Waals surface area contributed by atoms with E-state index < -0.39 is 10.9 Å². The molecule has 0 saturated carbocycles. The number of nitrogens with zero attached hydrogens (tertiary/aromatic N) is 5. The molecule has 1 aromatic heterocycles. The fraction of sp³-hybridized carbons (Fsp3) is 0.200. The maximum atomic E-state index is 12.4. The van der Waals surface area contributed by atoms with Gasteiger partial charge in [0, 0.05) is 24.7 Å². The zero-order valence-electron chi connectivity index (χ0n) is 17.5. The molecule has 0 fully saturated rings. The Bertz CT molecular complexity index is 1130. The Kier molecular flexibility index (Phi) is 7.39. The SMILES string of the molecule is CCOC(=O)/C(=N/Nc1ccc([N+](=O)[O-])cc1)Sc1nnc(-c2ccc(OC)cc2)n1C. The van der Waals surface area contributed by atoms with Crippen molar-refractivity contribution in [1.29, 1.82) is 0 Å². The Morgan fingerprint density at radius 3 is 2.47 bits per heavy atom. The van der Waals surface area contributed by atoms with Gasteiger partial charge in [0.15, 0.2) is 11.0 Å². The van der Waals surface area contributed by atoms with Crippen molar-refractivity contribution >= 4 is 34.1 Å². The van der Waals surface area contributed by atoms with Gasteiger partial charge in [0.2, 0.25) is 5.04 Å². The number of methoxy groups -OCH3 is 1. The first-order chi connectivity index (χ1) is 15.4. The highest BCUT2D eigenvalue weighted by Gasteiger charge is 2.20. The lowest BCUT2D eigenvalue weighted by Crippen LogP contribution is -2.16. The number of hydrogen-bond acceptors (Lipinski definition) is 10. The second-order valence-corrected chi connectivity index (χ2v) is 7.20. The van der Waals surface area contributed by atoms with Gasteiger partial charge < -0.3 is 14.0 Å². The van der Waals surface area contributed by atoms with Crippen LogP contribution in [0.15, 0.2) is 58.8 Å². The van der Waals surface area contributed by atoms with Crippen molar-refractivity contribution in [3.8, 4) is 17.1 Å². The van der Waals surface area contributed by atoms with Gasteiger partial charge in [-0.1, -0.05) is 0 Å². The second kappa shape index (κ2) is 10.4. The molecule has 1 N–H and O–H groups in total. The number of anilines is 1. The van der Waals surface area contributed by atoms with Gasteiger partial charge in [0.25, 0.3) is 5.69 Å². The summed E-state index contributed by atoms with van der Waals surface area (Å²) in [4.78, 5) is 22.7. The van der Waals surface area contributed by atoms with E-state index in [-0.39, 0.29) is 17.3 Å². The van der Waals surface area contributed by atoms with E-state index in [1.54, 1.807) is 25.6 Å². The average molecular weight is 456 g/mol. The number of rotatable bonds is 7. The fourth-order valence-corrected chi connectivity index (χ4v) is 3.27. The lowest BCUT2D eigenvalue weighted by molar-refractivity contribution is -0.384. The Morgan fingerprint density at radius 1 is 1.19 bits per heavy atom. The summed E-state index contributed by atoms with van der Waals surface area (Å²) in [5, 5.41) is 23.7. The number of esters is 1. The van der Waals surface area contributed by atoms with Crippen molar-refractivity contribution < 1.29 is 19.2 Å². The first kappa shape index (κ1) is 22.7. The molecule has 0 aliphatic heterocycles. The molecule has 3 rings (SSSR count). The highest BCUT2D eigenvalue weighted by molar-refractivity contribution is 8.15. The maximum absolute atomic E-state index is 12.4. The lowest BCUT2D eigenvalue weighted by Gasteiger charge is -2.07. The number of nitro groups is 1. The van der Waals surface area contributed by atoms with Gasteiger partial charge in [-0.15, -0.1) is 10.2 Å². The number of hydrazone groups is 1. The first-order valence-electron chi connectivity index (χ1n) is 9.39. The number of carbonyl (C=O) groups is 1. The molecule has 0 bridgehead atoms. The molecule has 2 aromatic carbocycles. The summed E-state index contributed by atoms with van der Waals surface area (Å²) >= 11 is 0.983. The van der Waals surface area contributed by atoms with E-state index in [1.807, 2.05) is 24.3 Å². The van der Waals surface area contributed by atoms with Crippen LogP contribution in [0.3, 0.4) is 0 Å². The third-order valence-corrected chi connectivity index (χ3v) is 5.18. The molecule has 1 heterocycles. The number of hydrogen-bond donors (Lipinski definition) is 1. The Morgan fingerprint density at radius 2 is 1.88 bits per heavy atom. The fourth-order valence-electron chi connectivity index (χ4n) is 2.56. The number of aromatic nitrogens is 3. The Hall–Kier alpha value is -3.93. The molecule has 0 spiro atoms. The van der Waals surface area contributed by atoms with Gasteiger partial charge in [-0.2, -0.15) is 5.10 Å². The number of non-ortho nitro benzene ring substituents is 1. The highest BCUT2D eigenvalue weighted by atomic mass is 32.2. The van der Waals surface area contributed by atoms with E-state index in [0.717, 1.165) is 23.1 Å². The zero-order valence-corrected chi connectivity index (χ0v) is 18.3. The van der Waals surface area contributed by atoms with E-state index >= 15 is 0 Å². The summed E-state index contributed by atoms with van der Waals surface area (Å²) in [5.74, 6) is 0.683. The van der Waals surface area contributed by atoms with Gasteiger partial charge in [0.05, 0.1) is 24.3 Å². The van der Waals surface area contributed by atoms with Crippen LogP contribution in [0.5, 0.6) is 5.75 Å². The standard InChI is InChI=1S/C20H20N6O5S/c1-4-31-19(27)18(23-21-14-7-9-15(10-8-14)26(28)29)32-20-24-22-17(25(20)2)13-5-11-16(30-3)12-6-13/h5-12,21H,4H2,1-3H3/b23-18-. The highest BCUT2D eigenvalue weighted by Crippen LogP contribution is 2.26. The molecular formula is C20H20N6O5S. The van der Waals surface area contributed by atoms with Crippen molar-refractivity contribution in [3.05, 3.63) is 58.6 Å². The maximum Gasteiger partial charge on any atom is 0.365 e. The third kappa shape index (κ3) is 5.40. The van der Waals surface area contributed by atoms with Crippen LogP contribution in [0.25, 0.3) is 11.4 Å². The van der Waals surface area contributed by atoms with Crippen molar-refractivity contribution in [2.45, 2.75) is 12.1 Å². The van der Waals surface area contributed by atoms with Crippen LogP contribution in [0.1, 0.15) is 6.92 Å². The molecule has 0 radical (unpaired) electrons. The monoisotopic (exact) mass is 456 g/mol. The van der Waals surface area contributed by atoms with Crippen molar-refractivity contribution in [1.82, 2.24) is 14.8 Å². The summed E-state index contributed by atoms with van der Waals surface area (Å²) in [6, 6.07) is 13.0. The summed E-state index contributed by atoms with van der Waals surface area (Å²) in [6.45, 7) is 1.86. The molecule has 3 aromatic rings. The topological polar surface area (TPSA) is 134 Å². The molecule has 166 valence electrons. The number of thioether (sulfide) groups is 1. The molecule has 0 unspecified atom stereocenters. The predicted molar refractivity (Wildman–Crippen MR) is 120 cm³/mol. The molecule has 11 nitrogen and oxygen atoms in total. The molecular weight excluding hydrogens is 436 g/mol. The van der Waals surface area contributed by atoms with Crippen LogP contribution in [0.2, 0.25) is 0 Å². The van der Waals surface area contributed by atoms with Crippen LogP contribution in [-0.4, -0.2) is 44.4 Å². The van der Waals surface area contributed by atoms with Crippen LogP contribution >= 0.6 is 11.8 Å². The van der Waals surface area contributed by atoms with Gasteiger partial charge in [-0.05, 0) is 55.1 Å². The van der Waals surface area contributed by atoms with Crippen molar-refractivity contribution in [3.63, 3.8) is 0 Å². The van der Waals surface area contributed by atoms with E-state index in [9.17, 15) is 14.9 Å². The second-order valence-electron chi connectivity index (χ2n) is 6.25. The van der Waals surface area contributed by atoms with E-state index in [1.165, 1.54) is 24.3 Å². The number of carbonyl (C=O) groups excluding carboxylic acids is 1. The van der Waals surface area contributed by atoms with Crippen LogP contribution in [-0.2, 0) is 16.6 Å². The number of ether oxygens (including phenoxy) is 2. The summed E-state index contributed by atoms with van der Waals surface area (Å²) in [5.41, 5.74) is 3.95. The summed E-state index contributed by atoms with van der Waals surface area (Å²) in [7, 11) is 3.36. The molecule has 32 heavy (non-hydrogen) atoms. The quantitative estimate of drug-likeness (QED) is 0.142. The molecule has 12 heteroatoms. The lowest BCUT2D eigenvalue weighted by atomic mass is 10.2. The van der Waals surface area contributed by atoms with E-state index in [2.05, 4.69) is 20.7 Å². The van der Waals surface area contributed by atoms with Crippen LogP contribution in [0, 0.1) is 10.1 Å². The molecule has 0 saturated heterocycles. The zero-order chi connectivity index (χ0) is 23.1. The number of nitrogens with one attached hydrogen (secondary N) is 1. The van der Waals surface area contributed by atoms with Gasteiger partial charge in [-0.25, -0.2) is 4.79 Å². The first-order valence-corrected chi connectivity index (χ1v) is 10.2. The average Bonchev–Trinajstić information content (AvgIpc) is 3.17. The molecule has 0 aliphatic carbocycles. The molecule has 0 amide bonds. The molecule has 0 atom stereocenters. The van der Waals surface area contributed by atoms with Gasteiger partial charge >= 0.3 is 5.97 Å². The third-order valence-electron chi connectivity index (χ3n) is 4.19.